The lowest BCUT2D eigenvalue weighted by molar-refractivity contribution is 0.792. The zero-order valence-corrected chi connectivity index (χ0v) is 13.4. The van der Waals surface area contributed by atoms with E-state index in [2.05, 4.69) is 56.0 Å². The van der Waals surface area contributed by atoms with Crippen LogP contribution in [0, 0.1) is 0 Å². The summed E-state index contributed by atoms with van der Waals surface area (Å²) >= 11 is 1.68. The van der Waals surface area contributed by atoms with Gasteiger partial charge in [0, 0.05) is 26.7 Å². The molecular weight excluding hydrogens is 286 g/mol. The average molecular weight is 307 g/mol. The van der Waals surface area contributed by atoms with Gasteiger partial charge in [0.1, 0.15) is 0 Å². The SMILES string of the molecule is CCN(CC)c1nc(NN)nc(N(C)Cc2ccsc2)n1. The van der Waals surface area contributed by atoms with Gasteiger partial charge < -0.3 is 9.80 Å². The number of hydrogen-bond acceptors (Lipinski definition) is 8. The van der Waals surface area contributed by atoms with E-state index >= 15 is 0 Å². The number of hydrazine groups is 1. The van der Waals surface area contributed by atoms with Gasteiger partial charge in [-0.3, -0.25) is 5.43 Å². The molecule has 2 heterocycles. The Hall–Kier alpha value is -1.93. The maximum absolute atomic E-state index is 5.47. The van der Waals surface area contributed by atoms with E-state index in [0.29, 0.717) is 17.8 Å². The zero-order chi connectivity index (χ0) is 15.2. The summed E-state index contributed by atoms with van der Waals surface area (Å²) in [5.41, 5.74) is 3.74. The summed E-state index contributed by atoms with van der Waals surface area (Å²) in [5.74, 6) is 7.08. The molecule has 0 saturated heterocycles. The van der Waals surface area contributed by atoms with Crippen LogP contribution in [0.2, 0.25) is 0 Å². The summed E-state index contributed by atoms with van der Waals surface area (Å²) in [6, 6.07) is 2.09. The Labute approximate surface area is 128 Å². The summed E-state index contributed by atoms with van der Waals surface area (Å²) in [6.45, 7) is 6.54. The van der Waals surface area contributed by atoms with Gasteiger partial charge in [-0.15, -0.1) is 0 Å². The Morgan fingerprint density at radius 2 is 1.90 bits per heavy atom. The van der Waals surface area contributed by atoms with Gasteiger partial charge in [0.05, 0.1) is 0 Å². The fourth-order valence-electron chi connectivity index (χ4n) is 1.96. The number of rotatable bonds is 7. The minimum Gasteiger partial charge on any atom is -0.341 e. The van der Waals surface area contributed by atoms with Crippen molar-refractivity contribution in [2.45, 2.75) is 20.4 Å². The lowest BCUT2D eigenvalue weighted by Gasteiger charge is -2.22. The molecule has 0 amide bonds. The molecule has 21 heavy (non-hydrogen) atoms. The van der Waals surface area contributed by atoms with Crippen LogP contribution in [-0.2, 0) is 6.54 Å². The van der Waals surface area contributed by atoms with Gasteiger partial charge >= 0.3 is 0 Å². The maximum atomic E-state index is 5.47. The molecule has 0 aliphatic carbocycles. The van der Waals surface area contributed by atoms with E-state index in [1.54, 1.807) is 11.3 Å². The third-order valence-corrected chi connectivity index (χ3v) is 3.86. The van der Waals surface area contributed by atoms with Crippen LogP contribution in [0.3, 0.4) is 0 Å². The average Bonchev–Trinajstić information content (AvgIpc) is 3.01. The van der Waals surface area contributed by atoms with Crippen LogP contribution in [0.4, 0.5) is 17.8 Å². The Balaban J connectivity index is 2.27. The summed E-state index contributed by atoms with van der Waals surface area (Å²) in [4.78, 5) is 17.2. The standard InChI is InChI=1S/C13H21N7S/c1-4-20(5-2)13-16-11(18-14)15-12(17-13)19(3)8-10-6-7-21-9-10/h6-7,9H,4-5,8,14H2,1-3H3,(H,15,16,17,18). The van der Waals surface area contributed by atoms with Gasteiger partial charge in [0.2, 0.25) is 17.8 Å². The highest BCUT2D eigenvalue weighted by molar-refractivity contribution is 7.07. The lowest BCUT2D eigenvalue weighted by atomic mass is 10.3. The van der Waals surface area contributed by atoms with Crippen molar-refractivity contribution in [1.82, 2.24) is 15.0 Å². The van der Waals surface area contributed by atoms with Gasteiger partial charge in [-0.1, -0.05) is 0 Å². The lowest BCUT2D eigenvalue weighted by Crippen LogP contribution is -2.28. The van der Waals surface area contributed by atoms with Crippen molar-refractivity contribution in [3.8, 4) is 0 Å². The van der Waals surface area contributed by atoms with E-state index in [9.17, 15) is 0 Å². The predicted octanol–water partition coefficient (Wildman–Crippen LogP) is 1.70. The van der Waals surface area contributed by atoms with Crippen molar-refractivity contribution >= 4 is 29.2 Å². The summed E-state index contributed by atoms with van der Waals surface area (Å²) in [5, 5.41) is 4.18. The molecule has 0 aliphatic rings. The molecule has 7 nitrogen and oxygen atoms in total. The van der Waals surface area contributed by atoms with E-state index in [0.717, 1.165) is 19.6 Å². The molecular formula is C13H21N7S. The number of aromatic nitrogens is 3. The van der Waals surface area contributed by atoms with Crippen molar-refractivity contribution in [3.05, 3.63) is 22.4 Å². The van der Waals surface area contributed by atoms with E-state index in [1.165, 1.54) is 5.56 Å². The molecule has 0 atom stereocenters. The minimum atomic E-state index is 0.374. The van der Waals surface area contributed by atoms with Crippen LogP contribution in [0.25, 0.3) is 0 Å². The first kappa shape index (κ1) is 15.5. The summed E-state index contributed by atoms with van der Waals surface area (Å²) < 4.78 is 0. The molecule has 0 fully saturated rings. The van der Waals surface area contributed by atoms with Gasteiger partial charge in [-0.05, 0) is 36.2 Å². The second-order valence-corrected chi connectivity index (χ2v) is 5.34. The fraction of sp³-hybridized carbons (Fsp3) is 0.462. The van der Waals surface area contributed by atoms with Crippen LogP contribution < -0.4 is 21.1 Å². The maximum Gasteiger partial charge on any atom is 0.243 e. The van der Waals surface area contributed by atoms with Gasteiger partial charge in [-0.25, -0.2) is 5.84 Å². The molecule has 114 valence electrons. The smallest absolute Gasteiger partial charge is 0.243 e. The van der Waals surface area contributed by atoms with E-state index in [1.807, 2.05) is 11.9 Å². The Kier molecular flexibility index (Phi) is 5.29. The van der Waals surface area contributed by atoms with Crippen LogP contribution in [0.1, 0.15) is 19.4 Å². The largest absolute Gasteiger partial charge is 0.341 e. The number of thiophene rings is 1. The minimum absolute atomic E-state index is 0.374. The van der Waals surface area contributed by atoms with Crippen molar-refractivity contribution in [2.75, 3.05) is 35.4 Å². The molecule has 2 aromatic rings. The monoisotopic (exact) mass is 307 g/mol. The number of anilines is 3. The van der Waals surface area contributed by atoms with E-state index in [-0.39, 0.29) is 0 Å². The number of hydrogen-bond donors (Lipinski definition) is 2. The highest BCUT2D eigenvalue weighted by atomic mass is 32.1. The third kappa shape index (κ3) is 3.79. The first-order valence-electron chi connectivity index (χ1n) is 6.87. The van der Waals surface area contributed by atoms with Crippen LogP contribution in [-0.4, -0.2) is 35.1 Å². The predicted molar refractivity (Wildman–Crippen MR) is 87.6 cm³/mol. The van der Waals surface area contributed by atoms with Crippen molar-refractivity contribution in [1.29, 1.82) is 0 Å². The molecule has 0 spiro atoms. The van der Waals surface area contributed by atoms with Crippen LogP contribution >= 0.6 is 11.3 Å². The number of nitrogens with two attached hydrogens (primary N) is 1. The van der Waals surface area contributed by atoms with Gasteiger partial charge in [-0.2, -0.15) is 26.3 Å². The highest BCUT2D eigenvalue weighted by Crippen LogP contribution is 2.17. The van der Waals surface area contributed by atoms with E-state index < -0.39 is 0 Å². The summed E-state index contributed by atoms with van der Waals surface area (Å²) in [7, 11) is 1.96. The zero-order valence-electron chi connectivity index (χ0n) is 12.6. The Bertz CT molecular complexity index is 554. The molecule has 0 radical (unpaired) electrons. The second kappa shape index (κ2) is 7.19. The van der Waals surface area contributed by atoms with Crippen molar-refractivity contribution in [2.24, 2.45) is 5.84 Å². The second-order valence-electron chi connectivity index (χ2n) is 4.56. The first-order valence-corrected chi connectivity index (χ1v) is 7.82. The molecule has 3 N–H and O–H groups in total. The Morgan fingerprint density at radius 3 is 2.48 bits per heavy atom. The molecule has 0 unspecified atom stereocenters. The highest BCUT2D eigenvalue weighted by Gasteiger charge is 2.13. The fourth-order valence-corrected chi connectivity index (χ4v) is 2.62. The Morgan fingerprint density at radius 1 is 1.19 bits per heavy atom. The topological polar surface area (TPSA) is 83.2 Å². The molecule has 8 heteroatoms. The quantitative estimate of drug-likeness (QED) is 0.595. The molecule has 0 aromatic carbocycles. The van der Waals surface area contributed by atoms with Crippen LogP contribution in [0.5, 0.6) is 0 Å². The molecule has 0 saturated carbocycles. The normalized spacial score (nSPS) is 10.5. The molecule has 0 bridgehead atoms. The van der Waals surface area contributed by atoms with Crippen LogP contribution in [0.15, 0.2) is 16.8 Å². The third-order valence-electron chi connectivity index (χ3n) is 3.13. The number of nitrogens with one attached hydrogen (secondary N) is 1. The first-order chi connectivity index (χ1) is 10.2. The van der Waals surface area contributed by atoms with E-state index in [4.69, 9.17) is 5.84 Å². The summed E-state index contributed by atoms with van der Waals surface area (Å²) in [6.07, 6.45) is 0. The molecule has 2 rings (SSSR count). The van der Waals surface area contributed by atoms with Gasteiger partial charge in [0.15, 0.2) is 0 Å². The molecule has 2 aromatic heterocycles. The number of nitrogen functional groups attached to an aromatic ring is 1. The molecule has 0 aliphatic heterocycles. The van der Waals surface area contributed by atoms with Gasteiger partial charge in [0.25, 0.3) is 0 Å². The van der Waals surface area contributed by atoms with Crippen molar-refractivity contribution in [3.63, 3.8) is 0 Å². The van der Waals surface area contributed by atoms with Crippen molar-refractivity contribution < 1.29 is 0 Å². The number of nitrogens with zero attached hydrogens (tertiary/aromatic N) is 5.